The molecule has 2 heterocycles. The first-order valence-electron chi connectivity index (χ1n) is 4.68. The van der Waals surface area contributed by atoms with Gasteiger partial charge in [0, 0.05) is 9.86 Å². The standard InChI is InChI=1S/C9H6BrN7/c10-4-1-2-6-5(3-4)7-13-8(11)14-9(12)17(7)16-15-6/h1-3H,(H3,11,12,14). The molecule has 3 rings (SSSR count). The summed E-state index contributed by atoms with van der Waals surface area (Å²) in [6.07, 6.45) is 0. The smallest absolute Gasteiger partial charge is 0.249 e. The maximum absolute atomic E-state index is 7.65. The average Bonchev–Trinajstić information content (AvgIpc) is 2.28. The average molecular weight is 292 g/mol. The molecular formula is C9H6BrN7. The van der Waals surface area contributed by atoms with Gasteiger partial charge in [-0.15, -0.1) is 5.10 Å². The predicted molar refractivity (Wildman–Crippen MR) is 64.1 cm³/mol. The van der Waals surface area contributed by atoms with Crippen LogP contribution >= 0.6 is 15.9 Å². The number of hydrogen-bond donors (Lipinski definition) is 2. The van der Waals surface area contributed by atoms with Crippen molar-refractivity contribution in [2.75, 3.05) is 5.73 Å². The number of halogens is 1. The van der Waals surface area contributed by atoms with Crippen LogP contribution in [-0.2, 0) is 0 Å². The van der Waals surface area contributed by atoms with E-state index < -0.39 is 0 Å². The molecule has 84 valence electrons. The van der Waals surface area contributed by atoms with E-state index >= 15 is 0 Å². The second-order valence-corrected chi connectivity index (χ2v) is 4.31. The maximum atomic E-state index is 7.65. The van der Waals surface area contributed by atoms with Gasteiger partial charge in [0.2, 0.25) is 11.6 Å². The molecular weight excluding hydrogens is 286 g/mol. The van der Waals surface area contributed by atoms with Gasteiger partial charge in [-0.3, -0.25) is 5.41 Å². The molecule has 8 heteroatoms. The number of aromatic nitrogens is 5. The quantitative estimate of drug-likeness (QED) is 0.587. The van der Waals surface area contributed by atoms with Gasteiger partial charge in [0.1, 0.15) is 0 Å². The number of nitrogens with one attached hydrogen (secondary N) is 1. The van der Waals surface area contributed by atoms with Gasteiger partial charge in [0.05, 0.1) is 5.52 Å². The van der Waals surface area contributed by atoms with E-state index in [1.54, 1.807) is 0 Å². The van der Waals surface area contributed by atoms with Crippen LogP contribution in [0.3, 0.4) is 0 Å². The molecule has 2 aromatic heterocycles. The number of rotatable bonds is 0. The number of nitrogens with two attached hydrogens (primary N) is 1. The SMILES string of the molecule is N=c1nc(N)nc2c3cc(Br)ccc3nnn12. The van der Waals surface area contributed by atoms with Crippen molar-refractivity contribution < 1.29 is 0 Å². The normalized spacial score (nSPS) is 11.1. The Morgan fingerprint density at radius 2 is 2.12 bits per heavy atom. The highest BCUT2D eigenvalue weighted by Gasteiger charge is 2.07. The number of benzene rings is 1. The monoisotopic (exact) mass is 291 g/mol. The lowest BCUT2D eigenvalue weighted by molar-refractivity contribution is 0.726. The molecule has 3 N–H and O–H groups in total. The van der Waals surface area contributed by atoms with E-state index in [1.807, 2.05) is 18.2 Å². The number of nitrogens with zero attached hydrogens (tertiary/aromatic N) is 5. The highest BCUT2D eigenvalue weighted by Crippen LogP contribution is 2.19. The van der Waals surface area contributed by atoms with E-state index in [0.717, 1.165) is 9.86 Å². The number of nitrogen functional groups attached to an aromatic ring is 1. The Morgan fingerprint density at radius 3 is 2.94 bits per heavy atom. The first kappa shape index (κ1) is 10.1. The Kier molecular flexibility index (Phi) is 2.05. The maximum Gasteiger partial charge on any atom is 0.249 e. The highest BCUT2D eigenvalue weighted by atomic mass is 79.9. The van der Waals surface area contributed by atoms with E-state index in [4.69, 9.17) is 11.1 Å². The van der Waals surface area contributed by atoms with Crippen molar-refractivity contribution in [1.29, 1.82) is 5.41 Å². The number of fused-ring (bicyclic) bond motifs is 3. The highest BCUT2D eigenvalue weighted by molar-refractivity contribution is 9.10. The van der Waals surface area contributed by atoms with Gasteiger partial charge in [-0.05, 0) is 18.2 Å². The minimum absolute atomic E-state index is 0.0456. The molecule has 0 radical (unpaired) electrons. The summed E-state index contributed by atoms with van der Waals surface area (Å²) < 4.78 is 2.13. The molecule has 0 aliphatic heterocycles. The summed E-state index contributed by atoms with van der Waals surface area (Å²) in [7, 11) is 0. The third kappa shape index (κ3) is 1.53. The molecule has 0 saturated heterocycles. The first-order chi connectivity index (χ1) is 8.15. The fourth-order valence-electron chi connectivity index (χ4n) is 1.56. The van der Waals surface area contributed by atoms with Gasteiger partial charge in [-0.25, -0.2) is 0 Å². The van der Waals surface area contributed by atoms with Crippen LogP contribution in [0.15, 0.2) is 22.7 Å². The van der Waals surface area contributed by atoms with E-state index in [9.17, 15) is 0 Å². The number of anilines is 1. The minimum Gasteiger partial charge on any atom is -0.368 e. The van der Waals surface area contributed by atoms with Crippen LogP contribution in [-0.4, -0.2) is 24.8 Å². The largest absolute Gasteiger partial charge is 0.368 e. The van der Waals surface area contributed by atoms with Crippen molar-refractivity contribution in [2.24, 2.45) is 0 Å². The Labute approximate surface area is 103 Å². The molecule has 7 nitrogen and oxygen atoms in total. The molecule has 0 saturated carbocycles. The molecule has 0 atom stereocenters. The molecule has 3 aromatic rings. The third-order valence-corrected chi connectivity index (χ3v) is 2.78. The van der Waals surface area contributed by atoms with Gasteiger partial charge in [0.25, 0.3) is 0 Å². The summed E-state index contributed by atoms with van der Waals surface area (Å²) >= 11 is 3.38. The molecule has 0 amide bonds. The van der Waals surface area contributed by atoms with Crippen LogP contribution in [0.4, 0.5) is 5.95 Å². The molecule has 0 aliphatic rings. The third-order valence-electron chi connectivity index (χ3n) is 2.28. The summed E-state index contributed by atoms with van der Waals surface area (Å²) in [5.41, 5.74) is 6.60. The molecule has 17 heavy (non-hydrogen) atoms. The van der Waals surface area contributed by atoms with Gasteiger partial charge in [-0.1, -0.05) is 21.1 Å². The first-order valence-corrected chi connectivity index (χ1v) is 5.47. The fourth-order valence-corrected chi connectivity index (χ4v) is 1.92. The zero-order chi connectivity index (χ0) is 12.0. The fraction of sp³-hybridized carbons (Fsp3) is 0. The lowest BCUT2D eigenvalue weighted by atomic mass is 10.2. The van der Waals surface area contributed by atoms with E-state index in [2.05, 4.69) is 36.2 Å². The second-order valence-electron chi connectivity index (χ2n) is 3.39. The van der Waals surface area contributed by atoms with Crippen LogP contribution in [0.1, 0.15) is 0 Å². The van der Waals surface area contributed by atoms with Crippen LogP contribution in [0.2, 0.25) is 0 Å². The Bertz CT molecular complexity index is 794. The lowest BCUT2D eigenvalue weighted by Gasteiger charge is -2.03. The molecule has 0 aliphatic carbocycles. The predicted octanol–water partition coefficient (Wildman–Crippen LogP) is 0.497. The Morgan fingerprint density at radius 1 is 1.29 bits per heavy atom. The van der Waals surface area contributed by atoms with Gasteiger partial charge < -0.3 is 5.73 Å². The lowest BCUT2D eigenvalue weighted by Crippen LogP contribution is -2.23. The molecule has 1 aromatic carbocycles. The summed E-state index contributed by atoms with van der Waals surface area (Å²) in [6, 6.07) is 5.53. The zero-order valence-corrected chi connectivity index (χ0v) is 10.0. The second kappa shape index (κ2) is 3.45. The van der Waals surface area contributed by atoms with E-state index in [0.29, 0.717) is 11.2 Å². The topological polar surface area (TPSA) is 106 Å². The van der Waals surface area contributed by atoms with Crippen LogP contribution < -0.4 is 11.4 Å². The molecule has 0 unspecified atom stereocenters. The molecule has 0 fully saturated rings. The summed E-state index contributed by atoms with van der Waals surface area (Å²) in [4.78, 5) is 7.81. The van der Waals surface area contributed by atoms with Gasteiger partial charge in [0.15, 0.2) is 5.65 Å². The van der Waals surface area contributed by atoms with Crippen LogP contribution in [0.25, 0.3) is 16.6 Å². The number of hydrogen-bond acceptors (Lipinski definition) is 6. The molecule has 0 bridgehead atoms. The van der Waals surface area contributed by atoms with Crippen molar-refractivity contribution >= 4 is 38.4 Å². The Balaban J connectivity index is 2.62. The van der Waals surface area contributed by atoms with Crippen molar-refractivity contribution in [3.05, 3.63) is 28.3 Å². The molecule has 0 spiro atoms. The summed E-state index contributed by atoms with van der Waals surface area (Å²) in [5.74, 6) is 0.0456. The van der Waals surface area contributed by atoms with Crippen molar-refractivity contribution in [3.63, 3.8) is 0 Å². The van der Waals surface area contributed by atoms with Crippen LogP contribution in [0, 0.1) is 5.41 Å². The van der Waals surface area contributed by atoms with Gasteiger partial charge in [-0.2, -0.15) is 14.5 Å². The van der Waals surface area contributed by atoms with Crippen molar-refractivity contribution in [3.8, 4) is 0 Å². The summed E-state index contributed by atoms with van der Waals surface area (Å²) in [6.45, 7) is 0. The van der Waals surface area contributed by atoms with Crippen molar-refractivity contribution in [2.45, 2.75) is 0 Å². The Hall–Kier alpha value is -2.09. The zero-order valence-electron chi connectivity index (χ0n) is 8.42. The van der Waals surface area contributed by atoms with E-state index in [1.165, 1.54) is 4.52 Å². The summed E-state index contributed by atoms with van der Waals surface area (Å²) in [5, 5.41) is 16.3. The van der Waals surface area contributed by atoms with Crippen molar-refractivity contribution in [1.82, 2.24) is 24.8 Å². The van der Waals surface area contributed by atoms with Gasteiger partial charge >= 0.3 is 0 Å². The van der Waals surface area contributed by atoms with Crippen LogP contribution in [0.5, 0.6) is 0 Å². The minimum atomic E-state index is -0.0955. The van der Waals surface area contributed by atoms with E-state index in [-0.39, 0.29) is 11.6 Å².